The Hall–Kier alpha value is -2.82. The van der Waals surface area contributed by atoms with E-state index in [9.17, 15) is 9.59 Å². The summed E-state index contributed by atoms with van der Waals surface area (Å²) >= 11 is 0. The van der Waals surface area contributed by atoms with Crippen LogP contribution in [0.5, 0.6) is 5.75 Å². The van der Waals surface area contributed by atoms with Gasteiger partial charge in [0.1, 0.15) is 5.75 Å². The van der Waals surface area contributed by atoms with Crippen molar-refractivity contribution in [3.63, 3.8) is 0 Å². The monoisotopic (exact) mass is 324 g/mol. The highest BCUT2D eigenvalue weighted by Crippen LogP contribution is 2.48. The molecule has 0 aliphatic heterocycles. The molecule has 24 heavy (non-hydrogen) atoms. The third-order valence-corrected chi connectivity index (χ3v) is 4.19. The lowest BCUT2D eigenvalue weighted by Crippen LogP contribution is -2.48. The molecule has 1 aliphatic rings. The van der Waals surface area contributed by atoms with E-state index in [-0.39, 0.29) is 12.5 Å². The van der Waals surface area contributed by atoms with E-state index in [0.29, 0.717) is 5.75 Å². The van der Waals surface area contributed by atoms with Gasteiger partial charge in [0, 0.05) is 0 Å². The predicted molar refractivity (Wildman–Crippen MR) is 90.3 cm³/mol. The van der Waals surface area contributed by atoms with Crippen LogP contribution in [0.1, 0.15) is 24.0 Å². The SMILES string of the molecule is Cc1cccc(OCC(=O)NNC(=O)C2(c3ccccc3)CC2)c1. The van der Waals surface area contributed by atoms with Gasteiger partial charge in [-0.2, -0.15) is 0 Å². The summed E-state index contributed by atoms with van der Waals surface area (Å²) in [7, 11) is 0. The van der Waals surface area contributed by atoms with E-state index in [0.717, 1.165) is 24.0 Å². The number of ether oxygens (including phenoxy) is 1. The average Bonchev–Trinajstić information content (AvgIpc) is 3.41. The van der Waals surface area contributed by atoms with Gasteiger partial charge < -0.3 is 4.74 Å². The highest BCUT2D eigenvalue weighted by Gasteiger charge is 2.51. The first-order chi connectivity index (χ1) is 11.6. The summed E-state index contributed by atoms with van der Waals surface area (Å²) in [5, 5.41) is 0. The standard InChI is InChI=1S/C19H20N2O3/c1-14-6-5-9-16(12-14)24-13-17(22)20-21-18(23)19(10-11-19)15-7-3-2-4-8-15/h2-9,12H,10-11,13H2,1H3,(H,20,22)(H,21,23). The molecule has 5 nitrogen and oxygen atoms in total. The van der Waals surface area contributed by atoms with Crippen molar-refractivity contribution < 1.29 is 14.3 Å². The molecule has 0 unspecified atom stereocenters. The number of nitrogens with one attached hydrogen (secondary N) is 2. The lowest BCUT2D eigenvalue weighted by molar-refractivity contribution is -0.131. The van der Waals surface area contributed by atoms with Crippen LogP contribution in [0.3, 0.4) is 0 Å². The number of benzene rings is 2. The number of amides is 2. The molecule has 2 amide bonds. The zero-order valence-electron chi connectivity index (χ0n) is 13.5. The highest BCUT2D eigenvalue weighted by atomic mass is 16.5. The van der Waals surface area contributed by atoms with Gasteiger partial charge in [0.15, 0.2) is 6.61 Å². The van der Waals surface area contributed by atoms with E-state index in [2.05, 4.69) is 10.9 Å². The van der Waals surface area contributed by atoms with Crippen molar-refractivity contribution in [3.05, 3.63) is 65.7 Å². The summed E-state index contributed by atoms with van der Waals surface area (Å²) in [6.45, 7) is 1.80. The quantitative estimate of drug-likeness (QED) is 0.829. The van der Waals surface area contributed by atoms with Gasteiger partial charge in [0.25, 0.3) is 5.91 Å². The molecule has 124 valence electrons. The summed E-state index contributed by atoms with van der Waals surface area (Å²) in [6.07, 6.45) is 1.58. The molecule has 0 radical (unpaired) electrons. The van der Waals surface area contributed by atoms with Crippen LogP contribution in [0.25, 0.3) is 0 Å². The van der Waals surface area contributed by atoms with Gasteiger partial charge >= 0.3 is 0 Å². The van der Waals surface area contributed by atoms with E-state index >= 15 is 0 Å². The molecule has 0 aromatic heterocycles. The minimum atomic E-state index is -0.508. The van der Waals surface area contributed by atoms with E-state index < -0.39 is 11.3 Å². The van der Waals surface area contributed by atoms with Crippen LogP contribution >= 0.6 is 0 Å². The topological polar surface area (TPSA) is 67.4 Å². The average molecular weight is 324 g/mol. The summed E-state index contributed by atoms with van der Waals surface area (Å²) in [4.78, 5) is 24.2. The number of rotatable bonds is 5. The maximum Gasteiger partial charge on any atom is 0.276 e. The van der Waals surface area contributed by atoms with Crippen molar-refractivity contribution >= 4 is 11.8 Å². The molecule has 0 heterocycles. The lowest BCUT2D eigenvalue weighted by atomic mass is 9.95. The Balaban J connectivity index is 1.49. The van der Waals surface area contributed by atoms with E-state index in [1.165, 1.54) is 0 Å². The molecule has 2 aromatic carbocycles. The maximum atomic E-state index is 12.4. The molecule has 0 spiro atoms. The second-order valence-electron chi connectivity index (χ2n) is 6.06. The molecule has 2 N–H and O–H groups in total. The van der Waals surface area contributed by atoms with Crippen molar-refractivity contribution in [1.29, 1.82) is 0 Å². The molecular weight excluding hydrogens is 304 g/mol. The van der Waals surface area contributed by atoms with Gasteiger partial charge in [-0.15, -0.1) is 0 Å². The largest absolute Gasteiger partial charge is 0.484 e. The molecule has 5 heteroatoms. The van der Waals surface area contributed by atoms with Crippen molar-refractivity contribution in [2.45, 2.75) is 25.2 Å². The molecule has 1 aliphatic carbocycles. The Labute approximate surface area is 141 Å². The van der Waals surface area contributed by atoms with Crippen molar-refractivity contribution in [3.8, 4) is 5.75 Å². The third-order valence-electron chi connectivity index (χ3n) is 4.19. The number of carbonyl (C=O) groups is 2. The summed E-state index contributed by atoms with van der Waals surface area (Å²) in [6, 6.07) is 17.1. The normalized spacial score (nSPS) is 14.5. The molecule has 2 aromatic rings. The van der Waals surface area contributed by atoms with Gasteiger partial charge in [-0.1, -0.05) is 42.5 Å². The number of aryl methyl sites for hydroxylation is 1. The summed E-state index contributed by atoms with van der Waals surface area (Å²) < 4.78 is 5.40. The van der Waals surface area contributed by atoms with E-state index in [4.69, 9.17) is 4.74 Å². The van der Waals surface area contributed by atoms with Crippen LogP contribution in [0.4, 0.5) is 0 Å². The number of carbonyl (C=O) groups excluding carboxylic acids is 2. The van der Waals surface area contributed by atoms with Crippen molar-refractivity contribution in [2.24, 2.45) is 0 Å². The predicted octanol–water partition coefficient (Wildman–Crippen LogP) is 2.25. The fourth-order valence-corrected chi connectivity index (χ4v) is 2.67. The lowest BCUT2D eigenvalue weighted by Gasteiger charge is -2.16. The maximum absolute atomic E-state index is 12.4. The van der Waals surface area contributed by atoms with Crippen molar-refractivity contribution in [1.82, 2.24) is 10.9 Å². The molecular formula is C19H20N2O3. The number of hydrazine groups is 1. The Morgan fingerprint density at radius 1 is 1.04 bits per heavy atom. The van der Waals surface area contributed by atoms with E-state index in [1.54, 1.807) is 6.07 Å². The number of hydrogen-bond acceptors (Lipinski definition) is 3. The Kier molecular flexibility index (Phi) is 4.51. The molecule has 0 atom stereocenters. The second kappa shape index (κ2) is 6.74. The smallest absolute Gasteiger partial charge is 0.276 e. The first-order valence-corrected chi connectivity index (χ1v) is 7.94. The van der Waals surface area contributed by atoms with Gasteiger partial charge in [0.2, 0.25) is 5.91 Å². The molecule has 1 saturated carbocycles. The van der Waals surface area contributed by atoms with Crippen LogP contribution in [-0.4, -0.2) is 18.4 Å². The minimum absolute atomic E-state index is 0.151. The van der Waals surface area contributed by atoms with Crippen molar-refractivity contribution in [2.75, 3.05) is 6.61 Å². The van der Waals surface area contributed by atoms with Crippen LogP contribution in [0.15, 0.2) is 54.6 Å². The fourth-order valence-electron chi connectivity index (χ4n) is 2.67. The highest BCUT2D eigenvalue weighted by molar-refractivity contribution is 5.92. The van der Waals surface area contributed by atoms with Gasteiger partial charge in [-0.25, -0.2) is 0 Å². The first-order valence-electron chi connectivity index (χ1n) is 7.94. The van der Waals surface area contributed by atoms with Crippen LogP contribution < -0.4 is 15.6 Å². The third kappa shape index (κ3) is 3.56. The van der Waals surface area contributed by atoms with Crippen LogP contribution in [0.2, 0.25) is 0 Å². The van der Waals surface area contributed by atoms with Gasteiger partial charge in [-0.3, -0.25) is 20.4 Å². The number of hydrogen-bond donors (Lipinski definition) is 2. The van der Waals surface area contributed by atoms with Gasteiger partial charge in [-0.05, 0) is 43.0 Å². The fraction of sp³-hybridized carbons (Fsp3) is 0.263. The zero-order chi connectivity index (χ0) is 17.0. The Bertz CT molecular complexity index is 739. The van der Waals surface area contributed by atoms with Crippen LogP contribution in [0, 0.1) is 6.92 Å². The molecule has 0 saturated heterocycles. The minimum Gasteiger partial charge on any atom is -0.484 e. The molecule has 1 fully saturated rings. The summed E-state index contributed by atoms with van der Waals surface area (Å²) in [5.74, 6) is 0.0470. The Morgan fingerprint density at radius 2 is 1.79 bits per heavy atom. The van der Waals surface area contributed by atoms with E-state index in [1.807, 2.05) is 55.5 Å². The van der Waals surface area contributed by atoms with Gasteiger partial charge in [0.05, 0.1) is 5.41 Å². The second-order valence-corrected chi connectivity index (χ2v) is 6.06. The summed E-state index contributed by atoms with van der Waals surface area (Å²) in [5.41, 5.74) is 6.46. The zero-order valence-corrected chi connectivity index (χ0v) is 13.5. The Morgan fingerprint density at radius 3 is 2.46 bits per heavy atom. The van der Waals surface area contributed by atoms with Crippen LogP contribution in [-0.2, 0) is 15.0 Å². The molecule has 0 bridgehead atoms. The first kappa shape index (κ1) is 16.1. The molecule has 3 rings (SSSR count).